The SMILES string of the molecule is CCn1nnc2c(NCc3cccs3)ncnc21. The number of anilines is 1. The molecule has 1 N–H and O–H groups in total. The van der Waals surface area contributed by atoms with Crippen LogP contribution in [0.5, 0.6) is 0 Å². The van der Waals surface area contributed by atoms with Gasteiger partial charge < -0.3 is 5.32 Å². The third kappa shape index (κ3) is 1.92. The lowest BCUT2D eigenvalue weighted by atomic mass is 10.4. The highest BCUT2D eigenvalue weighted by Crippen LogP contribution is 2.17. The van der Waals surface area contributed by atoms with Gasteiger partial charge in [-0.15, -0.1) is 16.4 Å². The van der Waals surface area contributed by atoms with Crippen LogP contribution < -0.4 is 5.32 Å². The first kappa shape index (κ1) is 11.1. The molecule has 0 aliphatic heterocycles. The van der Waals surface area contributed by atoms with Gasteiger partial charge in [-0.05, 0) is 18.4 Å². The lowest BCUT2D eigenvalue weighted by Crippen LogP contribution is -2.02. The Kier molecular flexibility index (Phi) is 2.89. The fourth-order valence-electron chi connectivity index (χ4n) is 1.72. The highest BCUT2D eigenvalue weighted by atomic mass is 32.1. The molecule has 3 heterocycles. The fourth-order valence-corrected chi connectivity index (χ4v) is 2.36. The van der Waals surface area contributed by atoms with Crippen molar-refractivity contribution in [3.05, 3.63) is 28.7 Å². The normalized spacial score (nSPS) is 10.9. The molecule has 0 bridgehead atoms. The van der Waals surface area contributed by atoms with Crippen molar-refractivity contribution in [2.45, 2.75) is 20.0 Å². The Labute approximate surface area is 108 Å². The molecule has 0 aliphatic carbocycles. The number of hydrogen-bond donors (Lipinski definition) is 1. The maximum Gasteiger partial charge on any atom is 0.183 e. The quantitative estimate of drug-likeness (QED) is 0.776. The molecule has 7 heteroatoms. The van der Waals surface area contributed by atoms with Gasteiger partial charge in [0.1, 0.15) is 6.33 Å². The molecule has 3 aromatic heterocycles. The van der Waals surface area contributed by atoms with Crippen LogP contribution in [-0.2, 0) is 13.1 Å². The summed E-state index contributed by atoms with van der Waals surface area (Å²) in [5.41, 5.74) is 1.48. The van der Waals surface area contributed by atoms with E-state index in [9.17, 15) is 0 Å². The summed E-state index contributed by atoms with van der Waals surface area (Å²) in [6.45, 7) is 3.50. The molecule has 3 aromatic rings. The fraction of sp³-hybridized carbons (Fsp3) is 0.273. The van der Waals surface area contributed by atoms with E-state index in [0.717, 1.165) is 30.1 Å². The largest absolute Gasteiger partial charge is 0.363 e. The van der Waals surface area contributed by atoms with Crippen LogP contribution in [0.2, 0.25) is 0 Å². The van der Waals surface area contributed by atoms with Gasteiger partial charge in [-0.2, -0.15) is 0 Å². The molecule has 0 spiro atoms. The molecule has 0 aliphatic rings. The highest BCUT2D eigenvalue weighted by Gasteiger charge is 2.10. The summed E-state index contributed by atoms with van der Waals surface area (Å²) >= 11 is 1.71. The van der Waals surface area contributed by atoms with Gasteiger partial charge in [0.2, 0.25) is 0 Å². The molecular formula is C11H12N6S. The van der Waals surface area contributed by atoms with Crippen molar-refractivity contribution >= 4 is 28.3 Å². The third-order valence-electron chi connectivity index (χ3n) is 2.61. The third-order valence-corrected chi connectivity index (χ3v) is 3.49. The molecule has 3 rings (SSSR count). The topological polar surface area (TPSA) is 68.5 Å². The minimum atomic E-state index is 0.718. The molecule has 0 fully saturated rings. The van der Waals surface area contributed by atoms with Crippen LogP contribution in [0.25, 0.3) is 11.2 Å². The first-order valence-corrected chi connectivity index (χ1v) is 6.57. The van der Waals surface area contributed by atoms with Crippen molar-refractivity contribution in [2.75, 3.05) is 5.32 Å². The average molecular weight is 260 g/mol. The Hall–Kier alpha value is -2.02. The minimum absolute atomic E-state index is 0.718. The summed E-state index contributed by atoms with van der Waals surface area (Å²) in [6.07, 6.45) is 1.54. The Morgan fingerprint density at radius 1 is 1.39 bits per heavy atom. The van der Waals surface area contributed by atoms with Gasteiger partial charge in [0.05, 0.1) is 6.54 Å². The molecule has 0 saturated carbocycles. The first-order chi connectivity index (χ1) is 8.88. The van der Waals surface area contributed by atoms with Crippen LogP contribution in [0, 0.1) is 0 Å². The predicted octanol–water partition coefficient (Wildman–Crippen LogP) is 1.91. The maximum atomic E-state index is 4.22. The summed E-state index contributed by atoms with van der Waals surface area (Å²) in [4.78, 5) is 9.68. The number of rotatable bonds is 4. The Morgan fingerprint density at radius 2 is 2.33 bits per heavy atom. The van der Waals surface area contributed by atoms with Gasteiger partial charge in [-0.1, -0.05) is 11.3 Å². The average Bonchev–Trinajstić information content (AvgIpc) is 3.05. The van der Waals surface area contributed by atoms with E-state index in [2.05, 4.69) is 37.0 Å². The van der Waals surface area contributed by atoms with Gasteiger partial charge in [-0.3, -0.25) is 0 Å². The molecule has 6 nitrogen and oxygen atoms in total. The molecule has 0 saturated heterocycles. The van der Waals surface area contributed by atoms with E-state index in [1.54, 1.807) is 16.0 Å². The molecule has 0 aromatic carbocycles. The van der Waals surface area contributed by atoms with Crippen LogP contribution in [0.3, 0.4) is 0 Å². The van der Waals surface area contributed by atoms with Crippen molar-refractivity contribution in [1.82, 2.24) is 25.0 Å². The van der Waals surface area contributed by atoms with Crippen LogP contribution in [0.4, 0.5) is 5.82 Å². The van der Waals surface area contributed by atoms with E-state index < -0.39 is 0 Å². The van der Waals surface area contributed by atoms with Gasteiger partial charge in [-0.25, -0.2) is 14.6 Å². The van der Waals surface area contributed by atoms with Crippen LogP contribution in [0.15, 0.2) is 23.8 Å². The van der Waals surface area contributed by atoms with E-state index in [0.29, 0.717) is 0 Å². The molecule has 0 amide bonds. The van der Waals surface area contributed by atoms with Crippen molar-refractivity contribution < 1.29 is 0 Å². The highest BCUT2D eigenvalue weighted by molar-refractivity contribution is 7.09. The van der Waals surface area contributed by atoms with Crippen molar-refractivity contribution in [3.8, 4) is 0 Å². The lowest BCUT2D eigenvalue weighted by molar-refractivity contribution is 0.641. The van der Waals surface area contributed by atoms with Gasteiger partial charge in [0, 0.05) is 11.4 Å². The van der Waals surface area contributed by atoms with E-state index in [1.807, 2.05) is 13.0 Å². The minimum Gasteiger partial charge on any atom is -0.363 e. The summed E-state index contributed by atoms with van der Waals surface area (Å²) in [5.74, 6) is 0.730. The van der Waals surface area contributed by atoms with Gasteiger partial charge >= 0.3 is 0 Å². The number of aryl methyl sites for hydroxylation is 1. The maximum absolute atomic E-state index is 4.22. The Bertz CT molecular complexity index is 645. The van der Waals surface area contributed by atoms with Crippen molar-refractivity contribution in [1.29, 1.82) is 0 Å². The number of fused-ring (bicyclic) bond motifs is 1. The zero-order valence-electron chi connectivity index (χ0n) is 9.87. The predicted molar refractivity (Wildman–Crippen MR) is 70.4 cm³/mol. The number of aromatic nitrogens is 5. The van der Waals surface area contributed by atoms with Crippen LogP contribution in [0.1, 0.15) is 11.8 Å². The van der Waals surface area contributed by atoms with E-state index in [4.69, 9.17) is 0 Å². The van der Waals surface area contributed by atoms with Gasteiger partial charge in [0.25, 0.3) is 0 Å². The second-order valence-corrected chi connectivity index (χ2v) is 4.76. The van der Waals surface area contributed by atoms with Gasteiger partial charge in [0.15, 0.2) is 17.0 Å². The number of thiophene rings is 1. The second-order valence-electron chi connectivity index (χ2n) is 3.73. The summed E-state index contributed by atoms with van der Waals surface area (Å²) in [7, 11) is 0. The van der Waals surface area contributed by atoms with Crippen molar-refractivity contribution in [2.24, 2.45) is 0 Å². The van der Waals surface area contributed by atoms with E-state index in [-0.39, 0.29) is 0 Å². The Balaban J connectivity index is 1.90. The molecule has 92 valence electrons. The summed E-state index contributed by atoms with van der Waals surface area (Å²) < 4.78 is 1.76. The Morgan fingerprint density at radius 3 is 3.11 bits per heavy atom. The number of nitrogens with one attached hydrogen (secondary N) is 1. The second kappa shape index (κ2) is 4.69. The number of nitrogens with zero attached hydrogens (tertiary/aromatic N) is 5. The lowest BCUT2D eigenvalue weighted by Gasteiger charge is -2.03. The molecule has 0 unspecified atom stereocenters. The van der Waals surface area contributed by atoms with Crippen LogP contribution in [-0.4, -0.2) is 25.0 Å². The van der Waals surface area contributed by atoms with E-state index >= 15 is 0 Å². The molecular weight excluding hydrogens is 248 g/mol. The molecule has 0 radical (unpaired) electrons. The smallest absolute Gasteiger partial charge is 0.183 e. The first-order valence-electron chi connectivity index (χ1n) is 5.69. The monoisotopic (exact) mass is 260 g/mol. The molecule has 18 heavy (non-hydrogen) atoms. The zero-order valence-corrected chi connectivity index (χ0v) is 10.7. The standard InChI is InChI=1S/C11H12N6S/c1-2-17-11-9(15-16-17)10(13-7-14-11)12-6-8-4-3-5-18-8/h3-5,7H,2,6H2,1H3,(H,12,13,14). The summed E-state index contributed by atoms with van der Waals surface area (Å²) in [5, 5.41) is 13.5. The zero-order chi connectivity index (χ0) is 12.4. The van der Waals surface area contributed by atoms with E-state index in [1.165, 1.54) is 11.2 Å². The summed E-state index contributed by atoms with van der Waals surface area (Å²) in [6, 6.07) is 4.11. The van der Waals surface area contributed by atoms with Crippen molar-refractivity contribution in [3.63, 3.8) is 0 Å². The molecule has 0 atom stereocenters. The van der Waals surface area contributed by atoms with Crippen LogP contribution >= 0.6 is 11.3 Å². The number of hydrogen-bond acceptors (Lipinski definition) is 6.